The van der Waals surface area contributed by atoms with Crippen molar-refractivity contribution < 1.29 is 9.21 Å². The predicted octanol–water partition coefficient (Wildman–Crippen LogP) is 3.37. The van der Waals surface area contributed by atoms with E-state index in [0.29, 0.717) is 20.8 Å². The van der Waals surface area contributed by atoms with Gasteiger partial charge in [0.2, 0.25) is 5.17 Å². The second kappa shape index (κ2) is 5.82. The zero-order valence-corrected chi connectivity index (χ0v) is 14.0. The predicted molar refractivity (Wildman–Crippen MR) is 89.6 cm³/mol. The molecule has 0 aliphatic carbocycles. The van der Waals surface area contributed by atoms with Gasteiger partial charge in [-0.05, 0) is 39.9 Å². The summed E-state index contributed by atoms with van der Waals surface area (Å²) in [6.07, 6.45) is 1.52. The Labute approximate surface area is 137 Å². The molecular formula is C12H9BrN4O2S2. The first-order valence-corrected chi connectivity index (χ1v) is 8.52. The van der Waals surface area contributed by atoms with Crippen molar-refractivity contribution in [2.45, 2.75) is 6.92 Å². The minimum Gasteiger partial charge on any atom is -0.450 e. The average molecular weight is 385 g/mol. The van der Waals surface area contributed by atoms with E-state index in [0.717, 1.165) is 17.7 Å². The van der Waals surface area contributed by atoms with Crippen LogP contribution in [0.1, 0.15) is 12.7 Å². The number of nitrogens with zero attached hydrogens (tertiary/aromatic N) is 3. The van der Waals surface area contributed by atoms with Crippen LogP contribution in [0.5, 0.6) is 0 Å². The van der Waals surface area contributed by atoms with E-state index >= 15 is 0 Å². The van der Waals surface area contributed by atoms with E-state index < -0.39 is 5.91 Å². The fraction of sp³-hybridized carbons (Fsp3) is 0.167. The summed E-state index contributed by atoms with van der Waals surface area (Å²) in [5, 5.41) is 9.36. The molecule has 0 saturated carbocycles. The molecule has 0 saturated heterocycles. The van der Waals surface area contributed by atoms with Gasteiger partial charge in [0, 0.05) is 0 Å². The molecule has 1 N–H and O–H groups in total. The van der Waals surface area contributed by atoms with Crippen LogP contribution in [0, 0.1) is 5.41 Å². The SMILES string of the molecule is CCSC1=NSC2=NC(=O)/C(=C\c3ccc(Br)o3)C(=N)N12. The van der Waals surface area contributed by atoms with Gasteiger partial charge in [0.25, 0.3) is 5.91 Å². The van der Waals surface area contributed by atoms with Crippen LogP contribution in [0.4, 0.5) is 0 Å². The molecule has 1 amide bonds. The topological polar surface area (TPSA) is 82.0 Å². The number of hydrogen-bond donors (Lipinski definition) is 1. The number of aliphatic imine (C=N–C) groups is 1. The van der Waals surface area contributed by atoms with E-state index in [1.54, 1.807) is 17.0 Å². The zero-order chi connectivity index (χ0) is 15.0. The smallest absolute Gasteiger partial charge is 0.283 e. The number of amides is 1. The first-order chi connectivity index (χ1) is 10.1. The molecule has 1 aromatic rings. The number of halogens is 1. The highest BCUT2D eigenvalue weighted by Crippen LogP contribution is 2.31. The Morgan fingerprint density at radius 1 is 1.57 bits per heavy atom. The van der Waals surface area contributed by atoms with Crippen molar-refractivity contribution in [2.24, 2.45) is 9.39 Å². The number of fused-ring (bicyclic) bond motifs is 1. The molecule has 0 bridgehead atoms. The Morgan fingerprint density at radius 3 is 3.05 bits per heavy atom. The Kier molecular flexibility index (Phi) is 4.05. The van der Waals surface area contributed by atoms with Gasteiger partial charge in [-0.2, -0.15) is 9.39 Å². The van der Waals surface area contributed by atoms with Crippen molar-refractivity contribution >= 4 is 67.8 Å². The van der Waals surface area contributed by atoms with E-state index in [1.807, 2.05) is 6.92 Å². The highest BCUT2D eigenvalue weighted by molar-refractivity contribution is 9.10. The Morgan fingerprint density at radius 2 is 2.38 bits per heavy atom. The maximum atomic E-state index is 12.1. The molecule has 3 heterocycles. The van der Waals surface area contributed by atoms with Crippen molar-refractivity contribution in [1.29, 1.82) is 5.41 Å². The van der Waals surface area contributed by atoms with Gasteiger partial charge in [0.15, 0.2) is 9.84 Å². The van der Waals surface area contributed by atoms with Crippen LogP contribution in [0.3, 0.4) is 0 Å². The largest absolute Gasteiger partial charge is 0.450 e. The molecule has 108 valence electrons. The van der Waals surface area contributed by atoms with Gasteiger partial charge >= 0.3 is 0 Å². The fourth-order valence-electron chi connectivity index (χ4n) is 1.77. The summed E-state index contributed by atoms with van der Waals surface area (Å²) in [5.74, 6) is 0.933. The number of carbonyl (C=O) groups is 1. The van der Waals surface area contributed by atoms with E-state index in [-0.39, 0.29) is 11.4 Å². The second-order valence-electron chi connectivity index (χ2n) is 3.98. The van der Waals surface area contributed by atoms with E-state index in [4.69, 9.17) is 9.83 Å². The molecule has 0 radical (unpaired) electrons. The first-order valence-electron chi connectivity index (χ1n) is 5.97. The third kappa shape index (κ3) is 2.72. The number of amidine groups is 3. The minimum absolute atomic E-state index is 0.0715. The lowest BCUT2D eigenvalue weighted by atomic mass is 10.1. The molecule has 0 spiro atoms. The summed E-state index contributed by atoms with van der Waals surface area (Å²) in [6, 6.07) is 3.44. The summed E-state index contributed by atoms with van der Waals surface area (Å²) in [4.78, 5) is 17.7. The molecule has 6 nitrogen and oxygen atoms in total. The summed E-state index contributed by atoms with van der Waals surface area (Å²) in [7, 11) is 0. The number of rotatable bonds is 2. The van der Waals surface area contributed by atoms with Gasteiger partial charge in [-0.25, -0.2) is 4.90 Å². The number of thioether (sulfide) groups is 1. The minimum atomic E-state index is -0.454. The van der Waals surface area contributed by atoms with Gasteiger partial charge in [-0.15, -0.1) is 0 Å². The number of hydrogen-bond acceptors (Lipinski definition) is 6. The lowest BCUT2D eigenvalue weighted by Gasteiger charge is -2.23. The van der Waals surface area contributed by atoms with Crippen LogP contribution < -0.4 is 0 Å². The Bertz CT molecular complexity index is 723. The molecule has 21 heavy (non-hydrogen) atoms. The standard InChI is InChI=1S/C12H9BrN4O2S2/c1-2-20-12-16-21-11-15-10(18)7(9(14)17(11)12)5-6-3-4-8(13)19-6/h3-5,14H,2H2,1H3/b7-5-,14-9?. The molecule has 0 aromatic carbocycles. The molecule has 2 aliphatic heterocycles. The fourth-order valence-corrected chi connectivity index (χ4v) is 3.66. The summed E-state index contributed by atoms with van der Waals surface area (Å²) >= 11 is 5.83. The Balaban J connectivity index is 1.97. The third-order valence-electron chi connectivity index (χ3n) is 2.65. The first kappa shape index (κ1) is 14.6. The summed E-state index contributed by atoms with van der Waals surface area (Å²) in [6.45, 7) is 2.00. The van der Waals surface area contributed by atoms with Crippen LogP contribution in [0.15, 0.2) is 36.2 Å². The third-order valence-corrected chi connectivity index (χ3v) is 4.71. The monoisotopic (exact) mass is 384 g/mol. The maximum absolute atomic E-state index is 12.1. The molecular weight excluding hydrogens is 376 g/mol. The zero-order valence-electron chi connectivity index (χ0n) is 10.8. The van der Waals surface area contributed by atoms with Crippen molar-refractivity contribution in [1.82, 2.24) is 4.90 Å². The Hall–Kier alpha value is -1.32. The van der Waals surface area contributed by atoms with Crippen LogP contribution in [-0.4, -0.2) is 32.7 Å². The quantitative estimate of drug-likeness (QED) is 0.624. The summed E-state index contributed by atoms with van der Waals surface area (Å²) in [5.41, 5.74) is 0.188. The number of carbonyl (C=O) groups excluding carboxylic acids is 1. The highest BCUT2D eigenvalue weighted by Gasteiger charge is 2.37. The van der Waals surface area contributed by atoms with Crippen molar-refractivity contribution in [3.8, 4) is 0 Å². The van der Waals surface area contributed by atoms with Crippen molar-refractivity contribution in [3.05, 3.63) is 28.1 Å². The summed E-state index contributed by atoms with van der Waals surface area (Å²) < 4.78 is 10.2. The lowest BCUT2D eigenvalue weighted by molar-refractivity contribution is -0.114. The van der Waals surface area contributed by atoms with Gasteiger partial charge < -0.3 is 4.42 Å². The van der Waals surface area contributed by atoms with E-state index in [9.17, 15) is 4.79 Å². The molecule has 1 aromatic heterocycles. The van der Waals surface area contributed by atoms with Crippen molar-refractivity contribution in [3.63, 3.8) is 0 Å². The maximum Gasteiger partial charge on any atom is 0.283 e. The van der Waals surface area contributed by atoms with Crippen LogP contribution in [-0.2, 0) is 4.79 Å². The normalized spacial score (nSPS) is 19.9. The lowest BCUT2D eigenvalue weighted by Crippen LogP contribution is -2.41. The van der Waals surface area contributed by atoms with Crippen LogP contribution in [0.2, 0.25) is 0 Å². The van der Waals surface area contributed by atoms with Crippen LogP contribution >= 0.6 is 39.6 Å². The molecule has 0 atom stereocenters. The van der Waals surface area contributed by atoms with Gasteiger partial charge in [-0.3, -0.25) is 10.2 Å². The van der Waals surface area contributed by atoms with Crippen LogP contribution in [0.25, 0.3) is 6.08 Å². The molecule has 3 rings (SSSR count). The van der Waals surface area contributed by atoms with Gasteiger partial charge in [0.05, 0.1) is 17.5 Å². The average Bonchev–Trinajstić information content (AvgIpc) is 3.02. The van der Waals surface area contributed by atoms with Crippen molar-refractivity contribution in [2.75, 3.05) is 5.75 Å². The molecule has 0 unspecified atom stereocenters. The number of furan rings is 1. The highest BCUT2D eigenvalue weighted by atomic mass is 79.9. The molecule has 0 fully saturated rings. The van der Waals surface area contributed by atoms with Gasteiger partial charge in [0.1, 0.15) is 11.6 Å². The van der Waals surface area contributed by atoms with E-state index in [1.165, 1.54) is 17.8 Å². The molecule has 2 aliphatic rings. The number of nitrogens with one attached hydrogen (secondary N) is 1. The molecule has 9 heteroatoms. The second-order valence-corrected chi connectivity index (χ2v) is 6.72. The van der Waals surface area contributed by atoms with E-state index in [2.05, 4.69) is 25.3 Å². The van der Waals surface area contributed by atoms with Gasteiger partial charge in [-0.1, -0.05) is 18.7 Å².